The fraction of sp³-hybridized carbons (Fsp3) is 1.00. The summed E-state index contributed by atoms with van der Waals surface area (Å²) in [6, 6.07) is 1.62. The molecule has 0 aromatic carbocycles. The Bertz CT molecular complexity index is 258. The molecule has 0 amide bonds. The average molecular weight is 265 g/mol. The van der Waals surface area contributed by atoms with Gasteiger partial charge in [-0.3, -0.25) is 0 Å². The number of hydrogen-bond donors (Lipinski definition) is 1. The van der Waals surface area contributed by atoms with E-state index in [1.54, 1.807) is 0 Å². The van der Waals surface area contributed by atoms with Crippen LogP contribution in [-0.2, 0) is 0 Å². The second-order valence-electron chi connectivity index (χ2n) is 7.98. The first-order valence-corrected chi connectivity index (χ1v) is 8.85. The molecule has 3 atom stereocenters. The molecule has 2 rings (SSSR count). The van der Waals surface area contributed by atoms with Crippen LogP contribution in [-0.4, -0.2) is 12.1 Å². The topological polar surface area (TPSA) is 12.0 Å². The maximum absolute atomic E-state index is 4.02. The van der Waals surface area contributed by atoms with Crippen LogP contribution in [0.5, 0.6) is 0 Å². The van der Waals surface area contributed by atoms with Gasteiger partial charge in [-0.2, -0.15) is 0 Å². The van der Waals surface area contributed by atoms with Gasteiger partial charge in [0.05, 0.1) is 0 Å². The maximum Gasteiger partial charge on any atom is 0.00747 e. The highest BCUT2D eigenvalue weighted by Gasteiger charge is 2.29. The van der Waals surface area contributed by atoms with Gasteiger partial charge in [-0.25, -0.2) is 0 Å². The third-order valence-corrected chi connectivity index (χ3v) is 5.46. The lowest BCUT2D eigenvalue weighted by atomic mass is 9.75. The zero-order valence-electron chi connectivity index (χ0n) is 13.5. The molecule has 0 aliphatic heterocycles. The SMILES string of the molecule is CCCC1CCCC(NC2CCCC(C)(C)C2)CC1. The lowest BCUT2D eigenvalue weighted by Crippen LogP contribution is -2.42. The smallest absolute Gasteiger partial charge is 0.00747 e. The van der Waals surface area contributed by atoms with Crippen LogP contribution in [0.4, 0.5) is 0 Å². The van der Waals surface area contributed by atoms with Gasteiger partial charge >= 0.3 is 0 Å². The van der Waals surface area contributed by atoms with Crippen LogP contribution in [0.1, 0.15) is 91.4 Å². The number of rotatable bonds is 4. The molecule has 1 N–H and O–H groups in total. The molecule has 3 unspecified atom stereocenters. The summed E-state index contributed by atoms with van der Waals surface area (Å²) in [5, 5.41) is 4.02. The predicted molar refractivity (Wildman–Crippen MR) is 84.4 cm³/mol. The molecule has 1 heteroatoms. The van der Waals surface area contributed by atoms with Gasteiger partial charge < -0.3 is 5.32 Å². The molecule has 0 aromatic rings. The first-order chi connectivity index (χ1) is 9.09. The van der Waals surface area contributed by atoms with Crippen molar-refractivity contribution in [3.8, 4) is 0 Å². The Balaban J connectivity index is 1.76. The summed E-state index contributed by atoms with van der Waals surface area (Å²) in [6.45, 7) is 7.24. The van der Waals surface area contributed by atoms with Crippen molar-refractivity contribution < 1.29 is 0 Å². The van der Waals surface area contributed by atoms with E-state index in [9.17, 15) is 0 Å². The van der Waals surface area contributed by atoms with Crippen molar-refractivity contribution in [2.24, 2.45) is 11.3 Å². The minimum absolute atomic E-state index is 0.575. The van der Waals surface area contributed by atoms with Crippen molar-refractivity contribution in [3.63, 3.8) is 0 Å². The molecular formula is C18H35N. The van der Waals surface area contributed by atoms with E-state index in [1.165, 1.54) is 70.6 Å². The van der Waals surface area contributed by atoms with E-state index in [-0.39, 0.29) is 0 Å². The van der Waals surface area contributed by atoms with E-state index in [2.05, 4.69) is 26.1 Å². The van der Waals surface area contributed by atoms with Gasteiger partial charge in [0.15, 0.2) is 0 Å². The van der Waals surface area contributed by atoms with Crippen molar-refractivity contribution >= 4 is 0 Å². The molecule has 2 fully saturated rings. The summed E-state index contributed by atoms with van der Waals surface area (Å²) in [6.07, 6.45) is 15.8. The molecular weight excluding hydrogens is 230 g/mol. The van der Waals surface area contributed by atoms with Crippen molar-refractivity contribution in [1.29, 1.82) is 0 Å². The largest absolute Gasteiger partial charge is 0.311 e. The zero-order valence-corrected chi connectivity index (χ0v) is 13.5. The van der Waals surface area contributed by atoms with Gasteiger partial charge in [-0.1, -0.05) is 52.9 Å². The molecule has 2 aliphatic carbocycles. The molecule has 0 bridgehead atoms. The molecule has 0 saturated heterocycles. The van der Waals surface area contributed by atoms with Crippen LogP contribution < -0.4 is 5.32 Å². The fourth-order valence-corrected chi connectivity index (χ4v) is 4.42. The second kappa shape index (κ2) is 7.11. The Kier molecular flexibility index (Phi) is 5.74. The van der Waals surface area contributed by atoms with E-state index in [1.807, 2.05) is 0 Å². The van der Waals surface area contributed by atoms with Crippen molar-refractivity contribution in [2.45, 2.75) is 103 Å². The molecule has 0 heterocycles. The summed E-state index contributed by atoms with van der Waals surface area (Å²) in [5.41, 5.74) is 0.575. The summed E-state index contributed by atoms with van der Waals surface area (Å²) in [5.74, 6) is 1.03. The first-order valence-electron chi connectivity index (χ1n) is 8.85. The molecule has 0 aromatic heterocycles. The third-order valence-electron chi connectivity index (χ3n) is 5.46. The predicted octanol–water partition coefficient (Wildman–Crippen LogP) is 5.29. The van der Waals surface area contributed by atoms with Crippen LogP contribution in [0.2, 0.25) is 0 Å². The Morgan fingerprint density at radius 3 is 2.47 bits per heavy atom. The average Bonchev–Trinajstić information content (AvgIpc) is 2.54. The number of nitrogens with one attached hydrogen (secondary N) is 1. The summed E-state index contributed by atoms with van der Waals surface area (Å²) < 4.78 is 0. The van der Waals surface area contributed by atoms with Gasteiger partial charge in [0.25, 0.3) is 0 Å². The molecule has 1 nitrogen and oxygen atoms in total. The summed E-state index contributed by atoms with van der Waals surface area (Å²) in [4.78, 5) is 0. The molecule has 0 spiro atoms. The van der Waals surface area contributed by atoms with E-state index in [0.717, 1.165) is 18.0 Å². The molecule has 19 heavy (non-hydrogen) atoms. The van der Waals surface area contributed by atoms with E-state index >= 15 is 0 Å². The van der Waals surface area contributed by atoms with E-state index < -0.39 is 0 Å². The molecule has 112 valence electrons. The number of hydrogen-bond acceptors (Lipinski definition) is 1. The van der Waals surface area contributed by atoms with E-state index in [0.29, 0.717) is 5.41 Å². The summed E-state index contributed by atoms with van der Waals surface area (Å²) >= 11 is 0. The van der Waals surface area contributed by atoms with Gasteiger partial charge in [0.1, 0.15) is 0 Å². The minimum Gasteiger partial charge on any atom is -0.311 e. The highest BCUT2D eigenvalue weighted by Crippen LogP contribution is 2.36. The normalized spacial score (nSPS) is 35.8. The summed E-state index contributed by atoms with van der Waals surface area (Å²) in [7, 11) is 0. The molecule has 0 radical (unpaired) electrons. The monoisotopic (exact) mass is 265 g/mol. The zero-order chi connectivity index (χ0) is 13.7. The van der Waals surface area contributed by atoms with Crippen LogP contribution in [0, 0.1) is 11.3 Å². The minimum atomic E-state index is 0.575. The Labute approximate surface area is 120 Å². The highest BCUT2D eigenvalue weighted by atomic mass is 15.0. The fourth-order valence-electron chi connectivity index (χ4n) is 4.42. The Morgan fingerprint density at radius 2 is 1.74 bits per heavy atom. The second-order valence-corrected chi connectivity index (χ2v) is 7.98. The van der Waals surface area contributed by atoms with Crippen LogP contribution in [0.15, 0.2) is 0 Å². The molecule has 2 aliphatic rings. The third kappa shape index (κ3) is 5.10. The van der Waals surface area contributed by atoms with Gasteiger partial charge in [-0.05, 0) is 49.9 Å². The Morgan fingerprint density at radius 1 is 0.947 bits per heavy atom. The lowest BCUT2D eigenvalue weighted by Gasteiger charge is -2.37. The van der Waals surface area contributed by atoms with Crippen molar-refractivity contribution in [2.75, 3.05) is 0 Å². The van der Waals surface area contributed by atoms with E-state index in [4.69, 9.17) is 0 Å². The van der Waals surface area contributed by atoms with Crippen LogP contribution in [0.25, 0.3) is 0 Å². The van der Waals surface area contributed by atoms with Gasteiger partial charge in [0.2, 0.25) is 0 Å². The standard InChI is InChI=1S/C18H35N/c1-4-7-15-8-5-9-16(12-11-15)19-17-10-6-13-18(2,3)14-17/h15-17,19H,4-14H2,1-3H3. The highest BCUT2D eigenvalue weighted by molar-refractivity contribution is 4.86. The quantitative estimate of drug-likeness (QED) is 0.681. The van der Waals surface area contributed by atoms with Crippen LogP contribution >= 0.6 is 0 Å². The lowest BCUT2D eigenvalue weighted by molar-refractivity contribution is 0.185. The maximum atomic E-state index is 4.02. The van der Waals surface area contributed by atoms with Gasteiger partial charge in [0, 0.05) is 12.1 Å². The van der Waals surface area contributed by atoms with Crippen LogP contribution in [0.3, 0.4) is 0 Å². The van der Waals surface area contributed by atoms with Gasteiger partial charge in [-0.15, -0.1) is 0 Å². The first kappa shape index (κ1) is 15.4. The Hall–Kier alpha value is -0.0400. The van der Waals surface area contributed by atoms with Crippen molar-refractivity contribution in [1.82, 2.24) is 5.32 Å². The molecule has 2 saturated carbocycles. The van der Waals surface area contributed by atoms with Crippen molar-refractivity contribution in [3.05, 3.63) is 0 Å².